The van der Waals surface area contributed by atoms with Crippen molar-refractivity contribution in [3.05, 3.63) is 93.5 Å². The Morgan fingerprint density at radius 1 is 0.929 bits per heavy atom. The third kappa shape index (κ3) is 5.20. The van der Waals surface area contributed by atoms with Crippen molar-refractivity contribution in [1.82, 2.24) is 5.32 Å². The molecule has 3 rings (SSSR count). The average molecular weight is 416 g/mol. The molecule has 1 unspecified atom stereocenters. The van der Waals surface area contributed by atoms with Crippen LogP contribution in [0.4, 0.5) is 0 Å². The molecule has 28 heavy (non-hydrogen) atoms. The molecule has 0 radical (unpaired) electrons. The molecule has 0 amide bonds. The van der Waals surface area contributed by atoms with Gasteiger partial charge in [0.25, 0.3) is 0 Å². The quantitative estimate of drug-likeness (QED) is 0.459. The molecular formula is C23H23Cl2NO2. The lowest BCUT2D eigenvalue weighted by atomic mass is 10.1. The Morgan fingerprint density at radius 3 is 2.43 bits per heavy atom. The fraction of sp³-hybridized carbons (Fsp3) is 0.217. The second-order valence-electron chi connectivity index (χ2n) is 6.49. The summed E-state index contributed by atoms with van der Waals surface area (Å²) >= 11 is 12.2. The standard InChI is InChI=1S/C23H23Cl2NO2/c1-16(17-7-4-3-5-8-17)26-14-18-9-6-10-22(27-2)23(18)28-15-19-11-12-20(24)13-21(19)25/h3-13,16,26H,14-15H2,1-2H3. The van der Waals surface area contributed by atoms with E-state index >= 15 is 0 Å². The third-order valence-electron chi connectivity index (χ3n) is 4.57. The van der Waals surface area contributed by atoms with Gasteiger partial charge in [0.15, 0.2) is 11.5 Å². The van der Waals surface area contributed by atoms with Crippen molar-refractivity contribution >= 4 is 23.2 Å². The van der Waals surface area contributed by atoms with E-state index in [1.165, 1.54) is 5.56 Å². The molecule has 3 aromatic rings. The topological polar surface area (TPSA) is 30.5 Å². The fourth-order valence-corrected chi connectivity index (χ4v) is 3.40. The number of para-hydroxylation sites is 1. The highest BCUT2D eigenvalue weighted by atomic mass is 35.5. The van der Waals surface area contributed by atoms with E-state index in [1.807, 2.05) is 42.5 Å². The largest absolute Gasteiger partial charge is 0.493 e. The van der Waals surface area contributed by atoms with Gasteiger partial charge in [0.05, 0.1) is 7.11 Å². The fourth-order valence-electron chi connectivity index (χ4n) is 2.94. The molecule has 0 bridgehead atoms. The Hall–Kier alpha value is -2.20. The van der Waals surface area contributed by atoms with Crippen molar-refractivity contribution in [1.29, 1.82) is 0 Å². The van der Waals surface area contributed by atoms with Crippen molar-refractivity contribution in [3.8, 4) is 11.5 Å². The van der Waals surface area contributed by atoms with Crippen molar-refractivity contribution in [3.63, 3.8) is 0 Å². The zero-order valence-electron chi connectivity index (χ0n) is 15.9. The molecule has 3 nitrogen and oxygen atoms in total. The summed E-state index contributed by atoms with van der Waals surface area (Å²) in [6, 6.07) is 21.8. The number of ether oxygens (including phenoxy) is 2. The summed E-state index contributed by atoms with van der Waals surface area (Å²) < 4.78 is 11.6. The summed E-state index contributed by atoms with van der Waals surface area (Å²) in [6.45, 7) is 3.12. The van der Waals surface area contributed by atoms with Gasteiger partial charge in [-0.3, -0.25) is 0 Å². The van der Waals surface area contributed by atoms with Crippen LogP contribution in [0.2, 0.25) is 10.0 Å². The zero-order valence-corrected chi connectivity index (χ0v) is 17.4. The summed E-state index contributed by atoms with van der Waals surface area (Å²) in [5.74, 6) is 1.40. The van der Waals surface area contributed by atoms with Crippen LogP contribution in [0.3, 0.4) is 0 Å². The van der Waals surface area contributed by atoms with Gasteiger partial charge in [-0.05, 0) is 30.7 Å². The van der Waals surface area contributed by atoms with Crippen LogP contribution in [0.5, 0.6) is 11.5 Å². The predicted molar refractivity (Wildman–Crippen MR) is 115 cm³/mol. The van der Waals surface area contributed by atoms with Crippen LogP contribution in [0.15, 0.2) is 66.7 Å². The minimum Gasteiger partial charge on any atom is -0.493 e. The van der Waals surface area contributed by atoms with Gasteiger partial charge in [0.2, 0.25) is 0 Å². The number of benzene rings is 3. The lowest BCUT2D eigenvalue weighted by molar-refractivity contribution is 0.280. The monoisotopic (exact) mass is 415 g/mol. The summed E-state index contributed by atoms with van der Waals surface area (Å²) in [4.78, 5) is 0. The lowest BCUT2D eigenvalue weighted by Gasteiger charge is -2.18. The lowest BCUT2D eigenvalue weighted by Crippen LogP contribution is -2.18. The maximum atomic E-state index is 6.27. The van der Waals surface area contributed by atoms with Crippen molar-refractivity contribution in [2.75, 3.05) is 7.11 Å². The van der Waals surface area contributed by atoms with Crippen LogP contribution in [0.1, 0.15) is 29.7 Å². The molecule has 0 saturated carbocycles. The molecule has 0 spiro atoms. The first-order chi connectivity index (χ1) is 13.6. The predicted octanol–water partition coefficient (Wildman–Crippen LogP) is 6.43. The molecule has 0 aromatic heterocycles. The summed E-state index contributed by atoms with van der Waals surface area (Å²) in [5.41, 5.74) is 3.13. The highest BCUT2D eigenvalue weighted by Crippen LogP contribution is 2.33. The Kier molecular flexibility index (Phi) is 7.21. The Balaban J connectivity index is 1.74. The summed E-state index contributed by atoms with van der Waals surface area (Å²) in [5, 5.41) is 4.73. The van der Waals surface area contributed by atoms with Crippen molar-refractivity contribution in [2.24, 2.45) is 0 Å². The molecule has 0 fully saturated rings. The molecule has 0 aliphatic carbocycles. The van der Waals surface area contributed by atoms with Crippen LogP contribution < -0.4 is 14.8 Å². The Labute approximate surface area is 176 Å². The van der Waals surface area contributed by atoms with Gasteiger partial charge < -0.3 is 14.8 Å². The van der Waals surface area contributed by atoms with Crippen LogP contribution in [-0.2, 0) is 13.2 Å². The molecule has 1 N–H and O–H groups in total. The van der Waals surface area contributed by atoms with E-state index in [1.54, 1.807) is 19.2 Å². The number of rotatable bonds is 8. The van der Waals surface area contributed by atoms with Gasteiger partial charge in [0, 0.05) is 33.8 Å². The van der Waals surface area contributed by atoms with Crippen LogP contribution in [0.25, 0.3) is 0 Å². The molecule has 5 heteroatoms. The third-order valence-corrected chi connectivity index (χ3v) is 5.15. The average Bonchev–Trinajstić information content (AvgIpc) is 2.72. The van der Waals surface area contributed by atoms with Gasteiger partial charge in [-0.2, -0.15) is 0 Å². The SMILES string of the molecule is COc1cccc(CNC(C)c2ccccc2)c1OCc1ccc(Cl)cc1Cl. The van der Waals surface area contributed by atoms with E-state index in [2.05, 4.69) is 24.4 Å². The zero-order chi connectivity index (χ0) is 19.9. The summed E-state index contributed by atoms with van der Waals surface area (Å²) in [7, 11) is 1.64. The molecule has 0 saturated heterocycles. The molecule has 3 aromatic carbocycles. The van der Waals surface area contributed by atoms with E-state index in [0.29, 0.717) is 34.7 Å². The maximum Gasteiger partial charge on any atom is 0.166 e. The smallest absolute Gasteiger partial charge is 0.166 e. The van der Waals surface area contributed by atoms with Crippen molar-refractivity contribution in [2.45, 2.75) is 26.1 Å². The molecule has 1 atom stereocenters. The van der Waals surface area contributed by atoms with E-state index in [-0.39, 0.29) is 6.04 Å². The highest BCUT2D eigenvalue weighted by Gasteiger charge is 2.13. The molecule has 0 heterocycles. The van der Waals surface area contributed by atoms with E-state index in [9.17, 15) is 0 Å². The summed E-state index contributed by atoms with van der Waals surface area (Å²) in [6.07, 6.45) is 0. The van der Waals surface area contributed by atoms with Gasteiger partial charge >= 0.3 is 0 Å². The van der Waals surface area contributed by atoms with Gasteiger partial charge in [-0.1, -0.05) is 71.7 Å². The number of nitrogens with one attached hydrogen (secondary N) is 1. The minimum absolute atomic E-state index is 0.214. The highest BCUT2D eigenvalue weighted by molar-refractivity contribution is 6.35. The van der Waals surface area contributed by atoms with Crippen molar-refractivity contribution < 1.29 is 9.47 Å². The van der Waals surface area contributed by atoms with Crippen LogP contribution in [0, 0.1) is 0 Å². The maximum absolute atomic E-state index is 6.27. The minimum atomic E-state index is 0.214. The van der Waals surface area contributed by atoms with E-state index < -0.39 is 0 Å². The van der Waals surface area contributed by atoms with E-state index in [0.717, 1.165) is 11.1 Å². The normalized spacial score (nSPS) is 11.9. The number of hydrogen-bond acceptors (Lipinski definition) is 3. The molecular weight excluding hydrogens is 393 g/mol. The first kappa shape index (κ1) is 20.5. The molecule has 0 aliphatic heterocycles. The van der Waals surface area contributed by atoms with Crippen LogP contribution >= 0.6 is 23.2 Å². The first-order valence-corrected chi connectivity index (χ1v) is 9.85. The Morgan fingerprint density at radius 2 is 1.71 bits per heavy atom. The molecule has 146 valence electrons. The molecule has 0 aliphatic rings. The number of hydrogen-bond donors (Lipinski definition) is 1. The Bertz CT molecular complexity index is 916. The van der Waals surface area contributed by atoms with Gasteiger partial charge in [-0.15, -0.1) is 0 Å². The second-order valence-corrected chi connectivity index (χ2v) is 7.33. The second kappa shape index (κ2) is 9.83. The van der Waals surface area contributed by atoms with E-state index in [4.69, 9.17) is 32.7 Å². The first-order valence-electron chi connectivity index (χ1n) is 9.09. The van der Waals surface area contributed by atoms with Gasteiger partial charge in [0.1, 0.15) is 6.61 Å². The van der Waals surface area contributed by atoms with Crippen LogP contribution in [-0.4, -0.2) is 7.11 Å². The number of halogens is 2. The van der Waals surface area contributed by atoms with Gasteiger partial charge in [-0.25, -0.2) is 0 Å². The number of methoxy groups -OCH3 is 1.